The van der Waals surface area contributed by atoms with Crippen LogP contribution in [-0.2, 0) is 15.4 Å². The minimum atomic E-state index is -4.03. The molecule has 9 nitrogen and oxygen atoms in total. The van der Waals surface area contributed by atoms with E-state index in [2.05, 4.69) is 25.3 Å². The van der Waals surface area contributed by atoms with E-state index in [0.29, 0.717) is 28.3 Å². The Balaban J connectivity index is 1.59. The Bertz CT molecular complexity index is 1450. The molecule has 2 aliphatic heterocycles. The molecule has 2 aliphatic rings. The average Bonchev–Trinajstić information content (AvgIpc) is 3.03. The van der Waals surface area contributed by atoms with Gasteiger partial charge in [-0.05, 0) is 38.0 Å². The number of halogens is 2. The monoisotopic (exact) mass is 488 g/mol. The number of ether oxygens (including phenoxy) is 1. The molecule has 178 valence electrons. The fourth-order valence-corrected chi connectivity index (χ4v) is 7.56. The van der Waals surface area contributed by atoms with Gasteiger partial charge >= 0.3 is 0 Å². The SMILES string of the molecule is COc1cnc2c(Nc3ccc(F)c([C@@]4(C)N=C(N)[C@@]5(CF)CC[C@@H]4S5(=O)=O)c3)ncnc2c1. The standard InChI is InChI=1S/C22H22F2N6O3S/c1-21(17-5-6-22(10-23,20(25)30-21)34(17,31)32)14-7-12(3-4-15(14)24)29-19-18-16(27-11-28-19)8-13(33-2)9-26-18/h3-4,7-9,11,17H,5-6,10H2,1-2H3,(H2,25,30)(H,27,28,29)/t17-,21+,22-/m0/s1. The molecule has 3 atom stereocenters. The Kier molecular flexibility index (Phi) is 4.97. The Morgan fingerprint density at radius 2 is 2.06 bits per heavy atom. The van der Waals surface area contributed by atoms with Gasteiger partial charge in [0, 0.05) is 17.3 Å². The first kappa shape index (κ1) is 22.4. The van der Waals surface area contributed by atoms with Crippen LogP contribution in [0.1, 0.15) is 25.3 Å². The van der Waals surface area contributed by atoms with Crippen LogP contribution in [-0.4, -0.2) is 53.0 Å². The number of aromatic nitrogens is 3. The molecule has 0 aliphatic carbocycles. The van der Waals surface area contributed by atoms with Gasteiger partial charge in [-0.1, -0.05) is 0 Å². The molecule has 2 bridgehead atoms. The minimum absolute atomic E-state index is 0.0169. The van der Waals surface area contributed by atoms with Crippen LogP contribution >= 0.6 is 0 Å². The van der Waals surface area contributed by atoms with Crippen LogP contribution in [0, 0.1) is 5.82 Å². The molecule has 0 radical (unpaired) electrons. The summed E-state index contributed by atoms with van der Waals surface area (Å²) in [5.74, 6) is -0.0604. The van der Waals surface area contributed by atoms with E-state index in [-0.39, 0.29) is 24.2 Å². The van der Waals surface area contributed by atoms with E-state index in [0.717, 1.165) is 0 Å². The topological polar surface area (TPSA) is 132 Å². The summed E-state index contributed by atoms with van der Waals surface area (Å²) >= 11 is 0. The molecule has 0 amide bonds. The van der Waals surface area contributed by atoms with Gasteiger partial charge in [-0.25, -0.2) is 32.2 Å². The number of anilines is 2. The molecule has 1 aromatic carbocycles. The zero-order chi connectivity index (χ0) is 24.3. The maximum absolute atomic E-state index is 15.1. The lowest BCUT2D eigenvalue weighted by Crippen LogP contribution is -2.58. The Morgan fingerprint density at radius 1 is 1.26 bits per heavy atom. The molecule has 2 aromatic heterocycles. The molecule has 4 heterocycles. The van der Waals surface area contributed by atoms with E-state index in [1.807, 2.05) is 0 Å². The second kappa shape index (κ2) is 7.55. The van der Waals surface area contributed by atoms with Gasteiger partial charge in [0.1, 0.15) is 41.5 Å². The van der Waals surface area contributed by atoms with Crippen molar-refractivity contribution < 1.29 is 21.9 Å². The predicted octanol–water partition coefficient (Wildman–Crippen LogP) is 2.79. The van der Waals surface area contributed by atoms with Crippen molar-refractivity contribution in [3.63, 3.8) is 0 Å². The molecule has 12 heteroatoms. The summed E-state index contributed by atoms with van der Waals surface area (Å²) in [6, 6.07) is 5.88. The van der Waals surface area contributed by atoms with Gasteiger partial charge in [-0.2, -0.15) is 0 Å². The van der Waals surface area contributed by atoms with Crippen LogP contribution < -0.4 is 15.8 Å². The summed E-state index contributed by atoms with van der Waals surface area (Å²) in [5.41, 5.74) is 5.96. The number of aliphatic imine (C=N–C) groups is 1. The fraction of sp³-hybridized carbons (Fsp3) is 0.364. The third-order valence-corrected chi connectivity index (χ3v) is 9.91. The summed E-state index contributed by atoms with van der Waals surface area (Å²) in [7, 11) is -2.51. The van der Waals surface area contributed by atoms with Crippen molar-refractivity contribution in [1.29, 1.82) is 0 Å². The number of sulfone groups is 1. The fourth-order valence-electron chi connectivity index (χ4n) is 4.92. The smallest absolute Gasteiger partial charge is 0.171 e. The molecule has 1 fully saturated rings. The first-order valence-corrected chi connectivity index (χ1v) is 12.1. The van der Waals surface area contributed by atoms with Gasteiger partial charge in [0.2, 0.25) is 0 Å². The summed E-state index contributed by atoms with van der Waals surface area (Å²) in [6.45, 7) is 0.367. The summed E-state index contributed by atoms with van der Waals surface area (Å²) in [5, 5.41) is 2.00. The largest absolute Gasteiger partial charge is 0.495 e. The van der Waals surface area contributed by atoms with Crippen LogP contribution in [0.15, 0.2) is 41.8 Å². The average molecular weight is 489 g/mol. The molecular weight excluding hydrogens is 466 g/mol. The van der Waals surface area contributed by atoms with Crippen molar-refractivity contribution in [3.05, 3.63) is 48.2 Å². The van der Waals surface area contributed by atoms with Gasteiger partial charge in [-0.3, -0.25) is 4.99 Å². The number of alkyl halides is 1. The lowest BCUT2D eigenvalue weighted by atomic mass is 9.86. The quantitative estimate of drug-likeness (QED) is 0.560. The van der Waals surface area contributed by atoms with E-state index >= 15 is 4.39 Å². The van der Waals surface area contributed by atoms with Crippen LogP contribution in [0.4, 0.5) is 20.3 Å². The van der Waals surface area contributed by atoms with Crippen molar-refractivity contribution in [3.8, 4) is 5.75 Å². The van der Waals surface area contributed by atoms with Crippen LogP contribution in [0.5, 0.6) is 5.75 Å². The lowest BCUT2D eigenvalue weighted by molar-refractivity contribution is 0.413. The number of pyridine rings is 1. The van der Waals surface area contributed by atoms with Crippen molar-refractivity contribution in [1.82, 2.24) is 15.0 Å². The van der Waals surface area contributed by atoms with Crippen molar-refractivity contribution in [2.24, 2.45) is 10.7 Å². The highest BCUT2D eigenvalue weighted by molar-refractivity contribution is 7.94. The van der Waals surface area contributed by atoms with E-state index < -0.39 is 37.9 Å². The van der Waals surface area contributed by atoms with Crippen molar-refractivity contribution >= 4 is 38.2 Å². The molecule has 0 saturated carbocycles. The van der Waals surface area contributed by atoms with Gasteiger partial charge in [0.15, 0.2) is 20.4 Å². The number of nitrogens with two attached hydrogens (primary N) is 1. The molecule has 5 rings (SSSR count). The summed E-state index contributed by atoms with van der Waals surface area (Å²) in [6.07, 6.45) is 3.02. The van der Waals surface area contributed by atoms with E-state index in [1.54, 1.807) is 6.07 Å². The summed E-state index contributed by atoms with van der Waals surface area (Å²) in [4.78, 5) is 17.1. The molecule has 0 unspecified atom stereocenters. The van der Waals surface area contributed by atoms with Gasteiger partial charge < -0.3 is 15.8 Å². The Hall–Kier alpha value is -3.41. The minimum Gasteiger partial charge on any atom is -0.495 e. The number of rotatable bonds is 5. The van der Waals surface area contributed by atoms with E-state index in [4.69, 9.17) is 10.5 Å². The van der Waals surface area contributed by atoms with Gasteiger partial charge in [-0.15, -0.1) is 0 Å². The number of benzene rings is 1. The normalized spacial score (nSPS) is 27.4. The van der Waals surface area contributed by atoms with Crippen molar-refractivity contribution in [2.45, 2.75) is 35.3 Å². The molecule has 3 aromatic rings. The third kappa shape index (κ3) is 2.97. The maximum atomic E-state index is 15.1. The van der Waals surface area contributed by atoms with E-state index in [1.165, 1.54) is 44.8 Å². The van der Waals surface area contributed by atoms with Gasteiger partial charge in [0.25, 0.3) is 0 Å². The Morgan fingerprint density at radius 3 is 2.79 bits per heavy atom. The Labute approximate surface area is 194 Å². The van der Waals surface area contributed by atoms with Gasteiger partial charge in [0.05, 0.1) is 24.1 Å². The van der Waals surface area contributed by atoms with Crippen molar-refractivity contribution in [2.75, 3.05) is 19.1 Å². The number of hydrogen-bond acceptors (Lipinski definition) is 9. The zero-order valence-corrected chi connectivity index (χ0v) is 19.2. The number of nitrogens with one attached hydrogen (secondary N) is 1. The molecule has 0 spiro atoms. The molecule has 3 N–H and O–H groups in total. The zero-order valence-electron chi connectivity index (χ0n) is 18.4. The number of nitrogens with zero attached hydrogens (tertiary/aromatic N) is 4. The number of fused-ring (bicyclic) bond motifs is 3. The second-order valence-corrected chi connectivity index (χ2v) is 11.1. The lowest BCUT2D eigenvalue weighted by Gasteiger charge is -2.39. The first-order chi connectivity index (χ1) is 16.2. The predicted molar refractivity (Wildman–Crippen MR) is 123 cm³/mol. The number of amidine groups is 1. The van der Waals surface area contributed by atoms with Crippen LogP contribution in [0.3, 0.4) is 0 Å². The highest BCUT2D eigenvalue weighted by Gasteiger charge is 2.65. The second-order valence-electron chi connectivity index (χ2n) is 8.63. The highest BCUT2D eigenvalue weighted by atomic mass is 32.2. The van der Waals surface area contributed by atoms with Crippen LogP contribution in [0.25, 0.3) is 11.0 Å². The van der Waals surface area contributed by atoms with E-state index in [9.17, 15) is 12.8 Å². The summed E-state index contributed by atoms with van der Waals surface area (Å²) < 4.78 is 58.8. The number of hydrogen-bond donors (Lipinski definition) is 2. The number of methoxy groups -OCH3 is 1. The third-order valence-electron chi connectivity index (χ3n) is 6.85. The molecular formula is C22H22F2N6O3S. The first-order valence-electron chi connectivity index (χ1n) is 10.5. The molecule has 1 saturated heterocycles. The highest BCUT2D eigenvalue weighted by Crippen LogP contribution is 2.52. The maximum Gasteiger partial charge on any atom is 0.171 e. The molecule has 34 heavy (non-hydrogen) atoms. The van der Waals surface area contributed by atoms with Crippen LogP contribution in [0.2, 0.25) is 0 Å².